The van der Waals surface area contributed by atoms with Crippen molar-refractivity contribution in [2.75, 3.05) is 6.61 Å². The molecule has 3 nitrogen and oxygen atoms in total. The van der Waals surface area contributed by atoms with Crippen LogP contribution in [-0.4, -0.2) is 12.6 Å². The van der Waals surface area contributed by atoms with Gasteiger partial charge in [0.15, 0.2) is 0 Å². The molecule has 0 heterocycles. The van der Waals surface area contributed by atoms with Crippen LogP contribution >= 0.6 is 0 Å². The van der Waals surface area contributed by atoms with Gasteiger partial charge in [0.2, 0.25) is 0 Å². The van der Waals surface area contributed by atoms with Crippen molar-refractivity contribution in [2.45, 2.75) is 20.3 Å². The summed E-state index contributed by atoms with van der Waals surface area (Å²) < 4.78 is 4.80. The van der Waals surface area contributed by atoms with E-state index >= 15 is 0 Å². The van der Waals surface area contributed by atoms with Crippen LogP contribution in [0.1, 0.15) is 30.0 Å². The van der Waals surface area contributed by atoms with Crippen molar-refractivity contribution < 1.29 is 9.53 Å². The Labute approximate surface area is 101 Å². The maximum atomic E-state index is 11.1. The Kier molecular flexibility index (Phi) is 4.96. The summed E-state index contributed by atoms with van der Waals surface area (Å²) in [5, 5.41) is 8.88. The molecule has 0 saturated carbocycles. The molecule has 1 rings (SSSR count). The Morgan fingerprint density at radius 1 is 1.53 bits per heavy atom. The lowest BCUT2D eigenvalue weighted by molar-refractivity contribution is -0.142. The first-order chi connectivity index (χ1) is 8.17. The normalized spacial score (nSPS) is 10.2. The van der Waals surface area contributed by atoms with Gasteiger partial charge >= 0.3 is 5.97 Å². The van der Waals surface area contributed by atoms with Crippen LogP contribution in [0.2, 0.25) is 0 Å². The molecule has 3 heteroatoms. The number of benzene rings is 1. The van der Waals surface area contributed by atoms with Gasteiger partial charge in [-0.15, -0.1) is 0 Å². The second kappa shape index (κ2) is 6.49. The van der Waals surface area contributed by atoms with Crippen LogP contribution in [0.25, 0.3) is 6.08 Å². The number of nitriles is 1. The van der Waals surface area contributed by atoms with Crippen LogP contribution in [0.15, 0.2) is 24.3 Å². The Hall–Kier alpha value is -2.08. The van der Waals surface area contributed by atoms with Crippen molar-refractivity contribution in [1.82, 2.24) is 0 Å². The lowest BCUT2D eigenvalue weighted by Gasteiger charge is -1.99. The van der Waals surface area contributed by atoms with E-state index in [1.54, 1.807) is 19.1 Å². The van der Waals surface area contributed by atoms with Crippen molar-refractivity contribution in [3.05, 3.63) is 41.0 Å². The predicted molar refractivity (Wildman–Crippen MR) is 66.2 cm³/mol. The maximum absolute atomic E-state index is 11.1. The van der Waals surface area contributed by atoms with Crippen molar-refractivity contribution in [1.29, 1.82) is 5.26 Å². The molecule has 0 fully saturated rings. The monoisotopic (exact) mass is 229 g/mol. The predicted octanol–water partition coefficient (Wildman–Crippen LogP) is 2.83. The van der Waals surface area contributed by atoms with Gasteiger partial charge in [-0.2, -0.15) is 5.26 Å². The molecule has 0 unspecified atom stereocenters. The summed E-state index contributed by atoms with van der Waals surface area (Å²) in [6.07, 6.45) is 3.81. The molecule has 0 N–H and O–H groups in total. The molecule has 0 aromatic heterocycles. The van der Waals surface area contributed by atoms with E-state index in [1.807, 2.05) is 25.1 Å². The molecular formula is C14H15NO2. The summed E-state index contributed by atoms with van der Waals surface area (Å²) in [5.41, 5.74) is 2.52. The van der Waals surface area contributed by atoms with Crippen molar-refractivity contribution in [3.63, 3.8) is 0 Å². The topological polar surface area (TPSA) is 50.1 Å². The zero-order valence-electron chi connectivity index (χ0n) is 10.1. The number of aryl methyl sites for hydroxylation is 1. The van der Waals surface area contributed by atoms with Crippen LogP contribution in [-0.2, 0) is 9.53 Å². The molecule has 0 atom stereocenters. The van der Waals surface area contributed by atoms with Crippen LogP contribution < -0.4 is 0 Å². The highest BCUT2D eigenvalue weighted by Crippen LogP contribution is 2.11. The Bertz CT molecular complexity index is 470. The Morgan fingerprint density at radius 2 is 2.29 bits per heavy atom. The fraction of sp³-hybridized carbons (Fsp3) is 0.286. The van der Waals surface area contributed by atoms with Gasteiger partial charge in [0.1, 0.15) is 0 Å². The first-order valence-electron chi connectivity index (χ1n) is 5.50. The molecule has 0 radical (unpaired) electrons. The molecular weight excluding hydrogens is 214 g/mol. The Morgan fingerprint density at radius 3 is 2.94 bits per heavy atom. The number of carbonyl (C=O) groups is 1. The van der Waals surface area contributed by atoms with Crippen LogP contribution in [0, 0.1) is 18.3 Å². The lowest BCUT2D eigenvalue weighted by Crippen LogP contribution is -2.01. The van der Waals surface area contributed by atoms with E-state index in [0.717, 1.165) is 11.1 Å². The third-order valence-electron chi connectivity index (χ3n) is 2.28. The highest BCUT2D eigenvalue weighted by molar-refractivity contribution is 5.72. The van der Waals surface area contributed by atoms with Crippen LogP contribution in [0.3, 0.4) is 0 Å². The fourth-order valence-electron chi connectivity index (χ4n) is 1.37. The van der Waals surface area contributed by atoms with Gasteiger partial charge in [0, 0.05) is 0 Å². The second-order valence-corrected chi connectivity index (χ2v) is 3.60. The first-order valence-corrected chi connectivity index (χ1v) is 5.50. The van der Waals surface area contributed by atoms with Crippen LogP contribution in [0.5, 0.6) is 0 Å². The van der Waals surface area contributed by atoms with Gasteiger partial charge in [0.25, 0.3) is 0 Å². The zero-order valence-corrected chi connectivity index (χ0v) is 10.1. The summed E-state index contributed by atoms with van der Waals surface area (Å²) >= 11 is 0. The van der Waals surface area contributed by atoms with Gasteiger partial charge in [-0.3, -0.25) is 4.79 Å². The highest BCUT2D eigenvalue weighted by atomic mass is 16.5. The second-order valence-electron chi connectivity index (χ2n) is 3.60. The van der Waals surface area contributed by atoms with E-state index in [0.29, 0.717) is 12.2 Å². The average Bonchev–Trinajstić information content (AvgIpc) is 2.31. The van der Waals surface area contributed by atoms with E-state index < -0.39 is 0 Å². The number of carbonyl (C=O) groups excluding carboxylic acids is 1. The molecule has 0 spiro atoms. The quantitative estimate of drug-likeness (QED) is 0.746. The molecule has 1 aromatic rings. The SMILES string of the molecule is CCOC(=O)CC=Cc1ccc(C)c(C#N)c1. The maximum Gasteiger partial charge on any atom is 0.309 e. The van der Waals surface area contributed by atoms with E-state index in [4.69, 9.17) is 10.00 Å². The standard InChI is InChI=1S/C14H15NO2/c1-3-17-14(16)6-4-5-12-8-7-11(2)13(9-12)10-15/h4-5,7-9H,3,6H2,1-2H3. The Balaban J connectivity index is 2.66. The highest BCUT2D eigenvalue weighted by Gasteiger charge is 1.98. The van der Waals surface area contributed by atoms with Gasteiger partial charge in [0.05, 0.1) is 24.7 Å². The molecule has 0 aliphatic carbocycles. The first kappa shape index (κ1) is 13.0. The van der Waals surface area contributed by atoms with Crippen molar-refractivity contribution >= 4 is 12.0 Å². The molecule has 0 aliphatic heterocycles. The summed E-state index contributed by atoms with van der Waals surface area (Å²) in [4.78, 5) is 11.1. The lowest BCUT2D eigenvalue weighted by atomic mass is 10.1. The van der Waals surface area contributed by atoms with E-state index in [9.17, 15) is 4.79 Å². The number of nitrogens with zero attached hydrogens (tertiary/aromatic N) is 1. The molecule has 1 aromatic carbocycles. The minimum atomic E-state index is -0.239. The fourth-order valence-corrected chi connectivity index (χ4v) is 1.37. The van der Waals surface area contributed by atoms with E-state index in [1.165, 1.54) is 0 Å². The summed E-state index contributed by atoms with van der Waals surface area (Å²) in [5.74, 6) is -0.239. The third-order valence-corrected chi connectivity index (χ3v) is 2.28. The molecule has 0 saturated heterocycles. The number of esters is 1. The van der Waals surface area contributed by atoms with Crippen molar-refractivity contribution in [2.24, 2.45) is 0 Å². The van der Waals surface area contributed by atoms with Gasteiger partial charge < -0.3 is 4.74 Å². The average molecular weight is 229 g/mol. The number of ether oxygens (including phenoxy) is 1. The van der Waals surface area contributed by atoms with Gasteiger partial charge in [-0.05, 0) is 31.0 Å². The largest absolute Gasteiger partial charge is 0.466 e. The third kappa shape index (κ3) is 4.12. The molecule has 0 amide bonds. The zero-order chi connectivity index (χ0) is 12.7. The number of hydrogen-bond donors (Lipinski definition) is 0. The molecule has 0 aliphatic rings. The summed E-state index contributed by atoms with van der Waals surface area (Å²) in [7, 11) is 0. The summed E-state index contributed by atoms with van der Waals surface area (Å²) in [6, 6.07) is 7.74. The number of hydrogen-bond acceptors (Lipinski definition) is 3. The number of rotatable bonds is 4. The molecule has 88 valence electrons. The van der Waals surface area contributed by atoms with E-state index in [2.05, 4.69) is 6.07 Å². The van der Waals surface area contributed by atoms with Crippen molar-refractivity contribution in [3.8, 4) is 6.07 Å². The minimum absolute atomic E-state index is 0.239. The van der Waals surface area contributed by atoms with E-state index in [-0.39, 0.29) is 12.4 Å². The van der Waals surface area contributed by atoms with Gasteiger partial charge in [-0.25, -0.2) is 0 Å². The smallest absolute Gasteiger partial charge is 0.309 e. The van der Waals surface area contributed by atoms with Gasteiger partial charge in [-0.1, -0.05) is 24.3 Å². The molecule has 0 bridgehead atoms. The molecule has 17 heavy (non-hydrogen) atoms. The minimum Gasteiger partial charge on any atom is -0.466 e. The van der Waals surface area contributed by atoms with Crippen LogP contribution in [0.4, 0.5) is 0 Å². The summed E-state index contributed by atoms with van der Waals surface area (Å²) in [6.45, 7) is 4.07.